The number of rotatable bonds is 6. The molecule has 1 aromatic heterocycles. The number of hydrogen-bond acceptors (Lipinski definition) is 4. The fourth-order valence-corrected chi connectivity index (χ4v) is 4.87. The van der Waals surface area contributed by atoms with Crippen LogP contribution in [0.2, 0.25) is 0 Å². The van der Waals surface area contributed by atoms with Gasteiger partial charge < -0.3 is 4.90 Å². The number of carbonyl (C=O) groups is 1. The van der Waals surface area contributed by atoms with Crippen molar-refractivity contribution >= 4 is 15.9 Å². The fourth-order valence-electron chi connectivity index (χ4n) is 3.81. The molecule has 0 aliphatic carbocycles. The summed E-state index contributed by atoms with van der Waals surface area (Å²) in [4.78, 5) is 14.9. The van der Waals surface area contributed by atoms with Crippen molar-refractivity contribution in [3.63, 3.8) is 0 Å². The van der Waals surface area contributed by atoms with Crippen molar-refractivity contribution < 1.29 is 13.2 Å². The van der Waals surface area contributed by atoms with Gasteiger partial charge in [0.1, 0.15) is 0 Å². The molecule has 32 heavy (non-hydrogen) atoms. The van der Waals surface area contributed by atoms with Crippen LogP contribution in [0.25, 0.3) is 5.69 Å². The molecule has 0 atom stereocenters. The first kappa shape index (κ1) is 23.7. The third kappa shape index (κ3) is 4.33. The van der Waals surface area contributed by atoms with Crippen LogP contribution in [0.4, 0.5) is 0 Å². The van der Waals surface area contributed by atoms with Crippen LogP contribution in [0.1, 0.15) is 44.0 Å². The molecule has 0 aliphatic rings. The minimum Gasteiger partial charge on any atom is -0.337 e. The first-order valence-electron chi connectivity index (χ1n) is 10.4. The van der Waals surface area contributed by atoms with Gasteiger partial charge in [-0.15, -0.1) is 0 Å². The number of hydrogen-bond donors (Lipinski definition) is 1. The second kappa shape index (κ2) is 8.88. The molecule has 8 heteroatoms. The van der Waals surface area contributed by atoms with E-state index in [2.05, 4.69) is 4.72 Å². The zero-order valence-electron chi connectivity index (χ0n) is 19.6. The largest absolute Gasteiger partial charge is 0.337 e. The van der Waals surface area contributed by atoms with Gasteiger partial charge in [0.25, 0.3) is 5.91 Å². The lowest BCUT2D eigenvalue weighted by molar-refractivity contribution is 0.0784. The maximum absolute atomic E-state index is 13.2. The molecule has 1 heterocycles. The number of para-hydroxylation sites is 1. The van der Waals surface area contributed by atoms with Crippen molar-refractivity contribution in [3.05, 3.63) is 75.6 Å². The Morgan fingerprint density at radius 1 is 1.06 bits per heavy atom. The number of aryl methyl sites for hydroxylation is 3. The van der Waals surface area contributed by atoms with Gasteiger partial charge in [-0.25, -0.2) is 17.8 Å². The van der Waals surface area contributed by atoms with E-state index < -0.39 is 10.0 Å². The molecule has 0 fully saturated rings. The average molecular weight is 455 g/mol. The van der Waals surface area contributed by atoms with E-state index in [0.29, 0.717) is 17.7 Å². The van der Waals surface area contributed by atoms with Crippen LogP contribution in [-0.4, -0.2) is 43.1 Å². The lowest BCUT2D eigenvalue weighted by Crippen LogP contribution is -2.28. The minimum atomic E-state index is -3.67. The van der Waals surface area contributed by atoms with Gasteiger partial charge >= 0.3 is 0 Å². The first-order valence-corrected chi connectivity index (χ1v) is 11.9. The molecule has 3 aromatic rings. The summed E-state index contributed by atoms with van der Waals surface area (Å²) < 4.78 is 29.1. The fraction of sp³-hybridized carbons (Fsp3) is 0.333. The molecule has 0 saturated carbocycles. The van der Waals surface area contributed by atoms with Gasteiger partial charge in [0.05, 0.1) is 16.3 Å². The van der Waals surface area contributed by atoms with E-state index in [1.54, 1.807) is 31.9 Å². The van der Waals surface area contributed by atoms with E-state index in [1.165, 1.54) is 13.1 Å². The highest BCUT2D eigenvalue weighted by molar-refractivity contribution is 7.89. The molecule has 0 bridgehead atoms. The van der Waals surface area contributed by atoms with Crippen molar-refractivity contribution in [2.45, 2.75) is 46.1 Å². The molecule has 0 saturated heterocycles. The molecule has 0 unspecified atom stereocenters. The molecule has 0 spiro atoms. The topological polar surface area (TPSA) is 84.3 Å². The van der Waals surface area contributed by atoms with E-state index >= 15 is 0 Å². The van der Waals surface area contributed by atoms with E-state index in [4.69, 9.17) is 5.10 Å². The van der Waals surface area contributed by atoms with Gasteiger partial charge in [0.15, 0.2) is 0 Å². The van der Waals surface area contributed by atoms with Crippen molar-refractivity contribution in [2.24, 2.45) is 0 Å². The summed E-state index contributed by atoms with van der Waals surface area (Å²) in [6, 6.07) is 11.2. The Kier molecular flexibility index (Phi) is 6.57. The molecular formula is C24H30N4O3S. The molecule has 2 aromatic carbocycles. The smallest absolute Gasteiger partial charge is 0.253 e. The number of carbonyl (C=O) groups excluding carboxylic acids is 1. The summed E-state index contributed by atoms with van der Waals surface area (Å²) in [7, 11) is -0.591. The summed E-state index contributed by atoms with van der Waals surface area (Å²) >= 11 is 0. The van der Waals surface area contributed by atoms with Crippen LogP contribution in [0.3, 0.4) is 0 Å². The van der Waals surface area contributed by atoms with Gasteiger partial charge in [0, 0.05) is 30.4 Å². The number of sulfonamides is 1. The SMILES string of the molecule is CNS(=O)(=O)c1cc(C(=O)N(C)Cc2c(C)nn(-c3ccccc3C)c2C)cc(C)c1C. The van der Waals surface area contributed by atoms with E-state index in [-0.39, 0.29) is 10.8 Å². The Morgan fingerprint density at radius 3 is 2.34 bits per heavy atom. The molecule has 3 rings (SSSR count). The maximum Gasteiger partial charge on any atom is 0.253 e. The van der Waals surface area contributed by atoms with Crippen LogP contribution in [0, 0.1) is 34.6 Å². The predicted octanol–water partition coefficient (Wildman–Crippen LogP) is 3.59. The quantitative estimate of drug-likeness (QED) is 0.617. The minimum absolute atomic E-state index is 0.122. The highest BCUT2D eigenvalue weighted by Gasteiger charge is 2.23. The van der Waals surface area contributed by atoms with Gasteiger partial charge in [-0.3, -0.25) is 4.79 Å². The second-order valence-corrected chi connectivity index (χ2v) is 9.99. The van der Waals surface area contributed by atoms with Gasteiger partial charge in [-0.1, -0.05) is 18.2 Å². The average Bonchev–Trinajstić information content (AvgIpc) is 3.03. The van der Waals surface area contributed by atoms with Gasteiger partial charge in [-0.05, 0) is 76.6 Å². The molecular weight excluding hydrogens is 424 g/mol. The predicted molar refractivity (Wildman–Crippen MR) is 126 cm³/mol. The summed E-state index contributed by atoms with van der Waals surface area (Å²) in [6.45, 7) is 9.88. The summed E-state index contributed by atoms with van der Waals surface area (Å²) in [5, 5.41) is 4.70. The molecule has 1 N–H and O–H groups in total. The Bertz CT molecular complexity index is 1290. The molecule has 0 aliphatic heterocycles. The Hall–Kier alpha value is -2.97. The number of aromatic nitrogens is 2. The van der Waals surface area contributed by atoms with E-state index in [9.17, 15) is 13.2 Å². The first-order chi connectivity index (χ1) is 15.0. The van der Waals surface area contributed by atoms with Crippen molar-refractivity contribution in [3.8, 4) is 5.69 Å². The van der Waals surface area contributed by atoms with Crippen LogP contribution in [-0.2, 0) is 16.6 Å². The summed E-state index contributed by atoms with van der Waals surface area (Å²) in [5.74, 6) is -0.247. The standard InChI is InChI=1S/C24H30N4O3S/c1-15-10-8-9-11-22(15)28-19(5)21(18(4)26-28)14-27(7)24(29)20-12-16(2)17(3)23(13-20)32(30,31)25-6/h8-13,25H,14H2,1-7H3. The number of nitrogens with one attached hydrogen (secondary N) is 1. The normalized spacial score (nSPS) is 11.6. The Labute approximate surface area is 190 Å². The Morgan fingerprint density at radius 2 is 1.72 bits per heavy atom. The number of amides is 1. The number of nitrogens with zero attached hydrogens (tertiary/aromatic N) is 3. The second-order valence-electron chi connectivity index (χ2n) is 8.13. The van der Waals surface area contributed by atoms with Gasteiger partial charge in [-0.2, -0.15) is 5.10 Å². The number of benzene rings is 2. The van der Waals surface area contributed by atoms with Crippen molar-refractivity contribution in [1.29, 1.82) is 0 Å². The molecule has 1 amide bonds. The maximum atomic E-state index is 13.2. The van der Waals surface area contributed by atoms with Crippen LogP contribution in [0.5, 0.6) is 0 Å². The van der Waals surface area contributed by atoms with E-state index in [0.717, 1.165) is 33.8 Å². The van der Waals surface area contributed by atoms with Gasteiger partial charge in [0.2, 0.25) is 10.0 Å². The highest BCUT2D eigenvalue weighted by Crippen LogP contribution is 2.24. The van der Waals surface area contributed by atoms with Crippen LogP contribution < -0.4 is 4.72 Å². The third-order valence-electron chi connectivity index (χ3n) is 5.95. The van der Waals surface area contributed by atoms with Crippen LogP contribution in [0.15, 0.2) is 41.3 Å². The van der Waals surface area contributed by atoms with E-state index in [1.807, 2.05) is 49.7 Å². The zero-order chi connectivity index (χ0) is 23.8. The molecule has 7 nitrogen and oxygen atoms in total. The summed E-state index contributed by atoms with van der Waals surface area (Å²) in [6.07, 6.45) is 0. The Balaban J connectivity index is 1.95. The third-order valence-corrected chi connectivity index (χ3v) is 7.49. The highest BCUT2D eigenvalue weighted by atomic mass is 32.2. The summed E-state index contributed by atoms with van der Waals surface area (Å²) in [5.41, 5.74) is 6.62. The van der Waals surface area contributed by atoms with Crippen LogP contribution >= 0.6 is 0 Å². The molecule has 170 valence electrons. The zero-order valence-corrected chi connectivity index (χ0v) is 20.5. The van der Waals surface area contributed by atoms with Crippen molar-refractivity contribution in [1.82, 2.24) is 19.4 Å². The lowest BCUT2D eigenvalue weighted by Gasteiger charge is -2.19. The lowest BCUT2D eigenvalue weighted by atomic mass is 10.0. The molecule has 0 radical (unpaired) electrons. The monoisotopic (exact) mass is 454 g/mol. The van der Waals surface area contributed by atoms with Crippen molar-refractivity contribution in [2.75, 3.05) is 14.1 Å².